The molecule has 4 rings (SSSR count). The Morgan fingerprint density at radius 2 is 1.64 bits per heavy atom. The first kappa shape index (κ1) is 18.2. The first-order valence-corrected chi connectivity index (χ1v) is 9.21. The molecule has 0 spiro atoms. The molecule has 2 aromatic rings. The molecule has 28 heavy (non-hydrogen) atoms. The Morgan fingerprint density at radius 3 is 2.39 bits per heavy atom. The number of carbonyl (C=O) groups excluding carboxylic acids is 1. The van der Waals surface area contributed by atoms with E-state index >= 15 is 0 Å². The van der Waals surface area contributed by atoms with Crippen molar-refractivity contribution >= 4 is 23.1 Å². The molecule has 2 aromatic carbocycles. The number of anilines is 3. The Kier molecular flexibility index (Phi) is 5.12. The van der Waals surface area contributed by atoms with Crippen LogP contribution in [0.15, 0.2) is 36.4 Å². The van der Waals surface area contributed by atoms with E-state index in [4.69, 9.17) is 14.2 Å². The van der Waals surface area contributed by atoms with Crippen LogP contribution in [0.2, 0.25) is 0 Å². The van der Waals surface area contributed by atoms with Crippen molar-refractivity contribution in [2.75, 3.05) is 62.7 Å². The molecular weight excluding hydrogens is 360 g/mol. The molecule has 0 atom stereocenters. The van der Waals surface area contributed by atoms with Gasteiger partial charge in [0, 0.05) is 43.6 Å². The monoisotopic (exact) mass is 384 g/mol. The van der Waals surface area contributed by atoms with Crippen LogP contribution in [0.1, 0.15) is 0 Å². The van der Waals surface area contributed by atoms with Crippen molar-refractivity contribution in [3.63, 3.8) is 0 Å². The Bertz CT molecular complexity index is 865. The maximum Gasteiger partial charge on any atom is 0.323 e. The van der Waals surface area contributed by atoms with Gasteiger partial charge in [0.05, 0.1) is 12.8 Å². The fourth-order valence-electron chi connectivity index (χ4n) is 3.33. The summed E-state index contributed by atoms with van der Waals surface area (Å²) in [4.78, 5) is 17.0. The molecule has 2 amide bonds. The van der Waals surface area contributed by atoms with Gasteiger partial charge in [0.25, 0.3) is 0 Å². The fraction of sp³-hybridized carbons (Fsp3) is 0.350. The summed E-state index contributed by atoms with van der Waals surface area (Å²) in [5.74, 6) is 2.10. The summed E-state index contributed by atoms with van der Waals surface area (Å²) < 4.78 is 16.1. The molecule has 1 fully saturated rings. The molecule has 0 aromatic heterocycles. The number of piperazine rings is 1. The number of fused-ring (bicyclic) bond motifs is 1. The number of rotatable bonds is 4. The van der Waals surface area contributed by atoms with Gasteiger partial charge < -0.3 is 34.6 Å². The number of amides is 2. The number of carbonyl (C=O) groups is 1. The maximum absolute atomic E-state index is 12.4. The summed E-state index contributed by atoms with van der Waals surface area (Å²) in [5.41, 5.74) is 2.32. The average molecular weight is 384 g/mol. The third-order valence-electron chi connectivity index (χ3n) is 4.91. The fourth-order valence-corrected chi connectivity index (χ4v) is 3.33. The number of hydrogen-bond donors (Lipinski definition) is 2. The summed E-state index contributed by atoms with van der Waals surface area (Å²) in [5, 5.41) is 5.70. The third-order valence-corrected chi connectivity index (χ3v) is 4.91. The number of benzene rings is 2. The van der Waals surface area contributed by atoms with Crippen LogP contribution in [0.3, 0.4) is 0 Å². The highest BCUT2D eigenvalue weighted by Crippen LogP contribution is 2.35. The van der Waals surface area contributed by atoms with Crippen LogP contribution in [-0.4, -0.2) is 58.1 Å². The van der Waals surface area contributed by atoms with Crippen molar-refractivity contribution in [3.8, 4) is 17.2 Å². The minimum Gasteiger partial charge on any atom is -0.495 e. The lowest BCUT2D eigenvalue weighted by Gasteiger charge is -2.34. The van der Waals surface area contributed by atoms with Gasteiger partial charge in [0.2, 0.25) is 6.79 Å². The number of hydrogen-bond acceptors (Lipinski definition) is 6. The summed E-state index contributed by atoms with van der Waals surface area (Å²) >= 11 is 0. The topological polar surface area (TPSA) is 75.3 Å². The number of methoxy groups -OCH3 is 1. The van der Waals surface area contributed by atoms with Crippen LogP contribution < -0.4 is 29.7 Å². The van der Waals surface area contributed by atoms with Crippen LogP contribution in [0.25, 0.3) is 0 Å². The van der Waals surface area contributed by atoms with Crippen LogP contribution in [-0.2, 0) is 0 Å². The predicted octanol–water partition coefficient (Wildman–Crippen LogP) is 2.82. The zero-order valence-corrected chi connectivity index (χ0v) is 16.0. The van der Waals surface area contributed by atoms with E-state index < -0.39 is 0 Å². The molecule has 0 saturated carbocycles. The second kappa shape index (κ2) is 7.85. The lowest BCUT2D eigenvalue weighted by atomic mass is 10.2. The molecule has 0 radical (unpaired) electrons. The second-order valence-corrected chi connectivity index (χ2v) is 6.82. The highest BCUT2D eigenvalue weighted by atomic mass is 16.7. The van der Waals surface area contributed by atoms with Gasteiger partial charge in [-0.25, -0.2) is 4.79 Å². The van der Waals surface area contributed by atoms with Crippen LogP contribution in [0.4, 0.5) is 21.9 Å². The third kappa shape index (κ3) is 3.91. The summed E-state index contributed by atoms with van der Waals surface area (Å²) in [6, 6.07) is 10.6. The molecule has 0 bridgehead atoms. The smallest absolute Gasteiger partial charge is 0.323 e. The highest BCUT2D eigenvalue weighted by Gasteiger charge is 2.19. The molecule has 148 valence electrons. The summed E-state index contributed by atoms with van der Waals surface area (Å²) in [7, 11) is 3.78. The molecule has 8 heteroatoms. The largest absolute Gasteiger partial charge is 0.495 e. The van der Waals surface area contributed by atoms with Crippen molar-refractivity contribution in [2.45, 2.75) is 0 Å². The van der Waals surface area contributed by atoms with Gasteiger partial charge in [-0.3, -0.25) is 0 Å². The Morgan fingerprint density at radius 1 is 0.964 bits per heavy atom. The van der Waals surface area contributed by atoms with Crippen molar-refractivity contribution < 1.29 is 19.0 Å². The van der Waals surface area contributed by atoms with Crippen LogP contribution in [0.5, 0.6) is 17.2 Å². The lowest BCUT2D eigenvalue weighted by molar-refractivity contribution is 0.174. The van der Waals surface area contributed by atoms with E-state index in [0.29, 0.717) is 22.9 Å². The molecule has 1 saturated heterocycles. The van der Waals surface area contributed by atoms with Gasteiger partial charge in [0.15, 0.2) is 11.5 Å². The van der Waals surface area contributed by atoms with E-state index in [1.165, 1.54) is 0 Å². The minimum atomic E-state index is -0.326. The molecule has 2 N–H and O–H groups in total. The van der Waals surface area contributed by atoms with Crippen molar-refractivity contribution in [2.24, 2.45) is 0 Å². The molecule has 2 heterocycles. The van der Waals surface area contributed by atoms with Gasteiger partial charge >= 0.3 is 6.03 Å². The van der Waals surface area contributed by atoms with Gasteiger partial charge in [-0.15, -0.1) is 0 Å². The zero-order valence-electron chi connectivity index (χ0n) is 16.0. The molecule has 2 aliphatic rings. The van der Waals surface area contributed by atoms with Crippen molar-refractivity contribution in [1.29, 1.82) is 0 Å². The van der Waals surface area contributed by atoms with E-state index in [2.05, 4.69) is 27.5 Å². The standard InChI is InChI=1S/C20H24N4O4/c1-23-7-9-24(10-8-23)16-11-14(3-5-17(16)26-2)21-20(25)22-15-4-6-18-19(12-15)28-13-27-18/h3-6,11-12H,7-10,13H2,1-2H3,(H2,21,22,25). The molecule has 0 aliphatic carbocycles. The van der Waals surface area contributed by atoms with E-state index in [1.807, 2.05) is 18.2 Å². The highest BCUT2D eigenvalue weighted by molar-refractivity contribution is 6.00. The molecule has 2 aliphatic heterocycles. The number of likely N-dealkylation sites (N-methyl/N-ethyl adjacent to an activating group) is 1. The molecular formula is C20H24N4O4. The van der Waals surface area contributed by atoms with Crippen molar-refractivity contribution in [1.82, 2.24) is 4.90 Å². The summed E-state index contributed by atoms with van der Waals surface area (Å²) in [6.07, 6.45) is 0. The minimum absolute atomic E-state index is 0.200. The number of nitrogens with one attached hydrogen (secondary N) is 2. The van der Waals surface area contributed by atoms with E-state index in [9.17, 15) is 4.79 Å². The second-order valence-electron chi connectivity index (χ2n) is 6.82. The van der Waals surface area contributed by atoms with Crippen molar-refractivity contribution in [3.05, 3.63) is 36.4 Å². The van der Waals surface area contributed by atoms with Gasteiger partial charge in [0.1, 0.15) is 5.75 Å². The van der Waals surface area contributed by atoms with Gasteiger partial charge in [-0.05, 0) is 37.4 Å². The lowest BCUT2D eigenvalue weighted by Crippen LogP contribution is -2.44. The van der Waals surface area contributed by atoms with Crippen LogP contribution in [0, 0.1) is 0 Å². The predicted molar refractivity (Wildman–Crippen MR) is 108 cm³/mol. The average Bonchev–Trinajstić information content (AvgIpc) is 3.16. The Hall–Kier alpha value is -3.13. The number of urea groups is 1. The quantitative estimate of drug-likeness (QED) is 0.844. The zero-order chi connectivity index (χ0) is 19.5. The SMILES string of the molecule is COc1ccc(NC(=O)Nc2ccc3c(c2)OCO3)cc1N1CCN(C)CC1. The first-order chi connectivity index (χ1) is 13.6. The molecule has 8 nitrogen and oxygen atoms in total. The maximum atomic E-state index is 12.4. The number of nitrogens with zero attached hydrogens (tertiary/aromatic N) is 2. The van der Waals surface area contributed by atoms with E-state index in [0.717, 1.165) is 37.6 Å². The normalized spacial score (nSPS) is 16.0. The Balaban J connectivity index is 1.45. The first-order valence-electron chi connectivity index (χ1n) is 9.21. The molecule has 0 unspecified atom stereocenters. The van der Waals surface area contributed by atoms with E-state index in [-0.39, 0.29) is 12.8 Å². The number of ether oxygens (including phenoxy) is 3. The summed E-state index contributed by atoms with van der Waals surface area (Å²) in [6.45, 7) is 4.02. The van der Waals surface area contributed by atoms with Gasteiger partial charge in [-0.1, -0.05) is 0 Å². The Labute approximate surface area is 164 Å². The van der Waals surface area contributed by atoms with Gasteiger partial charge in [-0.2, -0.15) is 0 Å². The van der Waals surface area contributed by atoms with Crippen LogP contribution >= 0.6 is 0 Å². The van der Waals surface area contributed by atoms with E-state index in [1.54, 1.807) is 25.3 Å².